The van der Waals surface area contributed by atoms with E-state index >= 15 is 0 Å². The minimum Gasteiger partial charge on any atom is -0.366 e. The quantitative estimate of drug-likeness (QED) is 0.917. The average molecular weight is 296 g/mol. The number of anilines is 1. The molecule has 1 saturated heterocycles. The summed E-state index contributed by atoms with van der Waals surface area (Å²) >= 11 is 0. The number of halogens is 2. The lowest BCUT2D eigenvalue weighted by atomic mass is 9.91. The molecule has 1 aliphatic heterocycles. The van der Waals surface area contributed by atoms with Crippen LogP contribution in [0.25, 0.3) is 0 Å². The third-order valence-corrected chi connectivity index (χ3v) is 4.28. The van der Waals surface area contributed by atoms with E-state index in [1.54, 1.807) is 0 Å². The maximum Gasteiger partial charge on any atom is 0.149 e. The number of nitrogens with zero attached hydrogens (tertiary/aromatic N) is 1. The highest BCUT2D eigenvalue weighted by molar-refractivity contribution is 5.51. The van der Waals surface area contributed by atoms with Gasteiger partial charge in [0, 0.05) is 19.1 Å². The van der Waals surface area contributed by atoms with Gasteiger partial charge in [0.25, 0.3) is 0 Å². The van der Waals surface area contributed by atoms with E-state index in [2.05, 4.69) is 13.8 Å². The van der Waals surface area contributed by atoms with Crippen LogP contribution in [0.5, 0.6) is 0 Å². The molecule has 2 N–H and O–H groups in total. The molecule has 2 nitrogen and oxygen atoms in total. The molecule has 2 rings (SSSR count). The Labute approximate surface area is 126 Å². The van der Waals surface area contributed by atoms with Gasteiger partial charge in [-0.1, -0.05) is 20.8 Å². The van der Waals surface area contributed by atoms with Gasteiger partial charge >= 0.3 is 0 Å². The molecule has 0 saturated carbocycles. The van der Waals surface area contributed by atoms with Crippen LogP contribution in [0.3, 0.4) is 0 Å². The monoisotopic (exact) mass is 296 g/mol. The first-order valence-corrected chi connectivity index (χ1v) is 7.89. The zero-order chi connectivity index (χ0) is 15.6. The summed E-state index contributed by atoms with van der Waals surface area (Å²) in [6, 6.07) is 2.83. The van der Waals surface area contributed by atoms with Crippen molar-refractivity contribution >= 4 is 5.69 Å². The molecule has 0 bridgehead atoms. The molecule has 3 atom stereocenters. The molecular weight excluding hydrogens is 270 g/mol. The Kier molecular flexibility index (Phi) is 5.20. The highest BCUT2D eigenvalue weighted by Gasteiger charge is 2.26. The number of benzene rings is 1. The first-order chi connectivity index (χ1) is 9.90. The number of hydrogen-bond donors (Lipinski definition) is 1. The predicted molar refractivity (Wildman–Crippen MR) is 83.5 cm³/mol. The highest BCUT2D eigenvalue weighted by atomic mass is 19.1. The standard InChI is InChI=1S/C17H26F2N2/c1-4-14(20)6-13-7-15(18)17(16(19)8-13)21-9-11(2)5-12(3)10-21/h7-8,11-12,14H,4-6,9-10,20H2,1-3H3. The second-order valence-electron chi connectivity index (χ2n) is 6.63. The lowest BCUT2D eigenvalue weighted by molar-refractivity contribution is 0.351. The molecule has 1 aliphatic rings. The van der Waals surface area contributed by atoms with E-state index in [1.807, 2.05) is 11.8 Å². The van der Waals surface area contributed by atoms with Gasteiger partial charge in [-0.3, -0.25) is 0 Å². The lowest BCUT2D eigenvalue weighted by Gasteiger charge is -2.37. The molecule has 1 aromatic carbocycles. The molecule has 0 aliphatic carbocycles. The molecule has 1 fully saturated rings. The van der Waals surface area contributed by atoms with E-state index in [0.29, 0.717) is 36.9 Å². The van der Waals surface area contributed by atoms with Crippen LogP contribution in [-0.4, -0.2) is 19.1 Å². The minimum atomic E-state index is -0.463. The Morgan fingerprint density at radius 1 is 1.19 bits per heavy atom. The van der Waals surface area contributed by atoms with Crippen molar-refractivity contribution in [2.45, 2.75) is 46.1 Å². The first-order valence-electron chi connectivity index (χ1n) is 7.89. The zero-order valence-corrected chi connectivity index (χ0v) is 13.2. The summed E-state index contributed by atoms with van der Waals surface area (Å²) in [6.45, 7) is 7.67. The largest absolute Gasteiger partial charge is 0.366 e. The van der Waals surface area contributed by atoms with Crippen molar-refractivity contribution in [1.29, 1.82) is 0 Å². The second-order valence-corrected chi connectivity index (χ2v) is 6.63. The summed E-state index contributed by atoms with van der Waals surface area (Å²) in [6.07, 6.45) is 2.42. The number of hydrogen-bond acceptors (Lipinski definition) is 2. The third-order valence-electron chi connectivity index (χ3n) is 4.28. The SMILES string of the molecule is CCC(N)Cc1cc(F)c(N2CC(C)CC(C)C2)c(F)c1. The van der Waals surface area contributed by atoms with E-state index in [4.69, 9.17) is 5.73 Å². The lowest BCUT2D eigenvalue weighted by Crippen LogP contribution is -2.39. The van der Waals surface area contributed by atoms with Gasteiger partial charge in [0.2, 0.25) is 0 Å². The van der Waals surface area contributed by atoms with Gasteiger partial charge in [0.15, 0.2) is 0 Å². The fourth-order valence-electron chi connectivity index (χ4n) is 3.33. The van der Waals surface area contributed by atoms with Crippen LogP contribution in [0, 0.1) is 23.5 Å². The van der Waals surface area contributed by atoms with E-state index in [1.165, 1.54) is 12.1 Å². The number of nitrogens with two attached hydrogens (primary N) is 1. The van der Waals surface area contributed by atoms with Crippen LogP contribution in [-0.2, 0) is 6.42 Å². The topological polar surface area (TPSA) is 29.3 Å². The van der Waals surface area contributed by atoms with E-state index in [-0.39, 0.29) is 11.7 Å². The second kappa shape index (κ2) is 6.73. The molecule has 1 heterocycles. The van der Waals surface area contributed by atoms with Crippen molar-refractivity contribution in [3.05, 3.63) is 29.3 Å². The number of piperidine rings is 1. The normalized spacial score (nSPS) is 24.2. The first kappa shape index (κ1) is 16.2. The van der Waals surface area contributed by atoms with Crippen molar-refractivity contribution in [3.63, 3.8) is 0 Å². The van der Waals surface area contributed by atoms with Gasteiger partial charge in [0.05, 0.1) is 0 Å². The maximum absolute atomic E-state index is 14.4. The van der Waals surface area contributed by atoms with Crippen molar-refractivity contribution in [2.24, 2.45) is 17.6 Å². The summed E-state index contributed by atoms with van der Waals surface area (Å²) in [4.78, 5) is 1.85. The Bertz CT molecular complexity index is 457. The van der Waals surface area contributed by atoms with Crippen molar-refractivity contribution in [2.75, 3.05) is 18.0 Å². The molecule has 0 radical (unpaired) electrons. The average Bonchev–Trinajstić information content (AvgIpc) is 2.36. The molecule has 0 spiro atoms. The van der Waals surface area contributed by atoms with Gasteiger partial charge in [-0.2, -0.15) is 0 Å². The summed E-state index contributed by atoms with van der Waals surface area (Å²) < 4.78 is 28.8. The Morgan fingerprint density at radius 2 is 1.71 bits per heavy atom. The minimum absolute atomic E-state index is 0.0512. The van der Waals surface area contributed by atoms with Crippen molar-refractivity contribution in [1.82, 2.24) is 0 Å². The highest BCUT2D eigenvalue weighted by Crippen LogP contribution is 2.31. The zero-order valence-electron chi connectivity index (χ0n) is 13.2. The fraction of sp³-hybridized carbons (Fsp3) is 0.647. The predicted octanol–water partition coefficient (Wildman–Crippen LogP) is 3.73. The van der Waals surface area contributed by atoms with E-state index < -0.39 is 11.6 Å². The van der Waals surface area contributed by atoms with E-state index in [9.17, 15) is 8.78 Å². The van der Waals surface area contributed by atoms with Gasteiger partial charge in [-0.05, 0) is 48.8 Å². The summed E-state index contributed by atoms with van der Waals surface area (Å²) in [5, 5.41) is 0. The Morgan fingerprint density at radius 3 is 2.19 bits per heavy atom. The summed E-state index contributed by atoms with van der Waals surface area (Å²) in [5.41, 5.74) is 6.63. The van der Waals surface area contributed by atoms with Crippen molar-refractivity contribution < 1.29 is 8.78 Å². The van der Waals surface area contributed by atoms with Crippen LogP contribution < -0.4 is 10.6 Å². The summed E-state index contributed by atoms with van der Waals surface area (Å²) in [5.74, 6) is -0.00862. The molecule has 4 heteroatoms. The smallest absolute Gasteiger partial charge is 0.149 e. The molecule has 21 heavy (non-hydrogen) atoms. The molecule has 118 valence electrons. The van der Waals surface area contributed by atoms with Crippen LogP contribution in [0.1, 0.15) is 39.2 Å². The van der Waals surface area contributed by atoms with Gasteiger partial charge in [-0.25, -0.2) is 8.78 Å². The molecule has 1 aromatic rings. The van der Waals surface area contributed by atoms with Gasteiger partial charge < -0.3 is 10.6 Å². The molecular formula is C17H26F2N2. The van der Waals surface area contributed by atoms with E-state index in [0.717, 1.165) is 12.8 Å². The fourth-order valence-corrected chi connectivity index (χ4v) is 3.33. The molecule has 0 aromatic heterocycles. The maximum atomic E-state index is 14.4. The van der Waals surface area contributed by atoms with Gasteiger partial charge in [-0.15, -0.1) is 0 Å². The molecule has 0 amide bonds. The third kappa shape index (κ3) is 3.94. The van der Waals surface area contributed by atoms with Crippen LogP contribution in [0.15, 0.2) is 12.1 Å². The Hall–Kier alpha value is -1.16. The van der Waals surface area contributed by atoms with Crippen LogP contribution >= 0.6 is 0 Å². The van der Waals surface area contributed by atoms with Crippen LogP contribution in [0.2, 0.25) is 0 Å². The van der Waals surface area contributed by atoms with Crippen LogP contribution in [0.4, 0.5) is 14.5 Å². The summed E-state index contributed by atoms with van der Waals surface area (Å²) in [7, 11) is 0. The Balaban J connectivity index is 2.24. The molecule has 3 unspecified atom stereocenters. The van der Waals surface area contributed by atoms with Gasteiger partial charge in [0.1, 0.15) is 17.3 Å². The van der Waals surface area contributed by atoms with Crippen molar-refractivity contribution in [3.8, 4) is 0 Å². The number of rotatable bonds is 4.